The number of hydrogen-bond donors (Lipinski definition) is 1. The molecule has 8 heteroatoms. The van der Waals surface area contributed by atoms with Crippen molar-refractivity contribution in [1.29, 1.82) is 0 Å². The first-order valence-corrected chi connectivity index (χ1v) is 9.27. The third kappa shape index (κ3) is 4.79. The fourth-order valence-electron chi connectivity index (χ4n) is 3.12. The molecule has 1 unspecified atom stereocenters. The van der Waals surface area contributed by atoms with Gasteiger partial charge < -0.3 is 19.9 Å². The number of aliphatic imine (C=N–C) groups is 1. The molecule has 152 valence electrons. The van der Waals surface area contributed by atoms with Crippen LogP contribution in [-0.4, -0.2) is 51.1 Å². The third-order valence-corrected chi connectivity index (χ3v) is 4.63. The van der Waals surface area contributed by atoms with Crippen molar-refractivity contribution in [1.82, 2.24) is 0 Å². The number of carbonyl (C=O) groups excluding carboxylic acids is 2. The lowest BCUT2D eigenvalue weighted by molar-refractivity contribution is -0.144. The Morgan fingerprint density at radius 2 is 2.07 bits per heavy atom. The monoisotopic (exact) mass is 409 g/mol. The number of nitrogens with two attached hydrogens (primary N) is 1. The van der Waals surface area contributed by atoms with Gasteiger partial charge in [0.25, 0.3) is 0 Å². The van der Waals surface area contributed by atoms with Gasteiger partial charge in [0.1, 0.15) is 5.92 Å². The standard InChI is InChI=1S/C20H25ClN2O5/c1-4-28-20(25)18-15(11-27-10-9-22)23-12(2)16(19(24)26-3)17(18)13-7-5-6-8-14(13)21/h5-8,16-17H,4,9-11,22H2,1-3H3/t16?,17-/m0/s1/i11D/t11-,16?,17+/m1. The van der Waals surface area contributed by atoms with Crippen molar-refractivity contribution < 1.29 is 25.2 Å². The second-order valence-electron chi connectivity index (χ2n) is 6.05. The van der Waals surface area contributed by atoms with Crippen LogP contribution < -0.4 is 5.73 Å². The number of halogens is 1. The maximum Gasteiger partial charge on any atom is 0.336 e. The Kier molecular flexibility index (Phi) is 7.59. The van der Waals surface area contributed by atoms with E-state index in [1.165, 1.54) is 7.11 Å². The van der Waals surface area contributed by atoms with E-state index >= 15 is 0 Å². The molecule has 0 saturated carbocycles. The van der Waals surface area contributed by atoms with E-state index in [1.807, 2.05) is 0 Å². The fourth-order valence-corrected chi connectivity index (χ4v) is 3.37. The van der Waals surface area contributed by atoms with Crippen molar-refractivity contribution in [2.75, 3.05) is 33.5 Å². The Morgan fingerprint density at radius 3 is 2.68 bits per heavy atom. The van der Waals surface area contributed by atoms with Crippen LogP contribution >= 0.6 is 11.6 Å². The van der Waals surface area contributed by atoms with Crippen molar-refractivity contribution in [2.24, 2.45) is 16.6 Å². The molecule has 0 radical (unpaired) electrons. The number of benzene rings is 1. The summed E-state index contributed by atoms with van der Waals surface area (Å²) in [5.74, 6) is -2.99. The summed E-state index contributed by atoms with van der Waals surface area (Å²) in [6.45, 7) is 2.46. The Balaban J connectivity index is 2.75. The molecular weight excluding hydrogens is 384 g/mol. The molecule has 28 heavy (non-hydrogen) atoms. The Labute approximate surface area is 170 Å². The molecule has 7 nitrogen and oxygen atoms in total. The van der Waals surface area contributed by atoms with Crippen LogP contribution in [0.5, 0.6) is 0 Å². The highest BCUT2D eigenvalue weighted by atomic mass is 35.5. The van der Waals surface area contributed by atoms with Crippen LogP contribution in [0, 0.1) is 5.92 Å². The smallest absolute Gasteiger partial charge is 0.336 e. The normalized spacial score (nSPS) is 20.9. The van der Waals surface area contributed by atoms with Crippen LogP contribution in [0.1, 0.15) is 26.7 Å². The highest BCUT2D eigenvalue weighted by Crippen LogP contribution is 2.42. The SMILES string of the molecule is [2H][C@@H](OCCN)C1=C(C(=O)OCC)[C@@H](c2ccccc2Cl)C(C(=O)OC)C(C)=N1. The number of rotatable bonds is 8. The fraction of sp³-hybridized carbons (Fsp3) is 0.450. The summed E-state index contributed by atoms with van der Waals surface area (Å²) in [6, 6.07) is 6.88. The Hall–Kier alpha value is -2.22. The molecule has 2 N–H and O–H groups in total. The molecule has 0 aromatic heterocycles. The number of carbonyl (C=O) groups is 2. The first-order valence-electron chi connectivity index (χ1n) is 9.47. The average molecular weight is 410 g/mol. The molecule has 1 aliphatic rings. The third-order valence-electron chi connectivity index (χ3n) is 4.29. The minimum Gasteiger partial charge on any atom is -0.468 e. The maximum absolute atomic E-state index is 12.9. The molecule has 0 spiro atoms. The highest BCUT2D eigenvalue weighted by Gasteiger charge is 2.43. The second-order valence-corrected chi connectivity index (χ2v) is 6.46. The molecule has 0 saturated heterocycles. The van der Waals surface area contributed by atoms with Crippen molar-refractivity contribution >= 4 is 29.3 Å². The van der Waals surface area contributed by atoms with Gasteiger partial charge in [-0.25, -0.2) is 4.79 Å². The average Bonchev–Trinajstić information content (AvgIpc) is 2.71. The Bertz CT molecular complexity index is 827. The van der Waals surface area contributed by atoms with Gasteiger partial charge in [-0.1, -0.05) is 29.8 Å². The van der Waals surface area contributed by atoms with E-state index in [-0.39, 0.29) is 31.0 Å². The van der Waals surface area contributed by atoms with E-state index < -0.39 is 30.4 Å². The number of esters is 2. The predicted molar refractivity (Wildman–Crippen MR) is 106 cm³/mol. The van der Waals surface area contributed by atoms with Gasteiger partial charge in [-0.3, -0.25) is 9.79 Å². The first-order chi connectivity index (χ1) is 13.9. The maximum atomic E-state index is 12.9. The van der Waals surface area contributed by atoms with Crippen molar-refractivity contribution in [3.63, 3.8) is 0 Å². The van der Waals surface area contributed by atoms with Gasteiger partial charge in [0.2, 0.25) is 0 Å². The lowest BCUT2D eigenvalue weighted by Crippen LogP contribution is -2.37. The van der Waals surface area contributed by atoms with E-state index in [0.29, 0.717) is 16.3 Å². The number of methoxy groups -OCH3 is 1. The van der Waals surface area contributed by atoms with Gasteiger partial charge in [0.05, 0.1) is 39.5 Å². The first kappa shape index (κ1) is 20.5. The molecular formula is C20H25ClN2O5. The van der Waals surface area contributed by atoms with Crippen LogP contribution in [0.3, 0.4) is 0 Å². The largest absolute Gasteiger partial charge is 0.468 e. The summed E-state index contributed by atoms with van der Waals surface area (Å²) in [4.78, 5) is 29.9. The van der Waals surface area contributed by atoms with Gasteiger partial charge in [-0.2, -0.15) is 0 Å². The van der Waals surface area contributed by atoms with E-state index in [0.717, 1.165) is 0 Å². The number of ether oxygens (including phenoxy) is 3. The molecule has 0 fully saturated rings. The lowest BCUT2D eigenvalue weighted by Gasteiger charge is -2.32. The summed E-state index contributed by atoms with van der Waals surface area (Å²) in [6.07, 6.45) is 0. The molecule has 3 atom stereocenters. The van der Waals surface area contributed by atoms with Crippen LogP contribution in [0.2, 0.25) is 5.02 Å². The van der Waals surface area contributed by atoms with Gasteiger partial charge in [-0.15, -0.1) is 0 Å². The highest BCUT2D eigenvalue weighted by molar-refractivity contribution is 6.31. The van der Waals surface area contributed by atoms with E-state index in [1.54, 1.807) is 38.1 Å². The van der Waals surface area contributed by atoms with Gasteiger partial charge in [0.15, 0.2) is 0 Å². The summed E-state index contributed by atoms with van der Waals surface area (Å²) >= 11 is 6.42. The molecule has 0 amide bonds. The molecule has 0 bridgehead atoms. The van der Waals surface area contributed by atoms with Crippen molar-refractivity contribution in [3.05, 3.63) is 46.1 Å². The minimum absolute atomic E-state index is 0.0537. The molecule has 1 aromatic rings. The van der Waals surface area contributed by atoms with Gasteiger partial charge in [-0.05, 0) is 25.5 Å². The second kappa shape index (κ2) is 10.4. The number of nitrogens with zero attached hydrogens (tertiary/aromatic N) is 1. The summed E-state index contributed by atoms with van der Waals surface area (Å²) in [7, 11) is 1.26. The van der Waals surface area contributed by atoms with Crippen LogP contribution in [-0.2, 0) is 23.8 Å². The molecule has 1 heterocycles. The van der Waals surface area contributed by atoms with Crippen molar-refractivity contribution in [2.45, 2.75) is 19.8 Å². The quantitative estimate of drug-likeness (QED) is 0.662. The Morgan fingerprint density at radius 1 is 1.36 bits per heavy atom. The number of hydrogen-bond acceptors (Lipinski definition) is 7. The minimum atomic E-state index is -1.28. The summed E-state index contributed by atoms with van der Waals surface area (Å²) < 4.78 is 23.9. The zero-order valence-electron chi connectivity index (χ0n) is 17.1. The molecule has 1 aliphatic heterocycles. The van der Waals surface area contributed by atoms with Crippen LogP contribution in [0.15, 0.2) is 40.5 Å². The lowest BCUT2D eigenvalue weighted by atomic mass is 9.75. The molecule has 1 aromatic carbocycles. The molecule has 2 rings (SSSR count). The van der Waals surface area contributed by atoms with E-state index in [9.17, 15) is 9.59 Å². The zero-order chi connectivity index (χ0) is 21.6. The summed E-state index contributed by atoms with van der Waals surface area (Å²) in [5, 5.41) is 0.367. The van der Waals surface area contributed by atoms with E-state index in [4.69, 9.17) is 32.9 Å². The van der Waals surface area contributed by atoms with Crippen molar-refractivity contribution in [3.8, 4) is 0 Å². The summed E-state index contributed by atoms with van der Waals surface area (Å²) in [5.41, 5.74) is 6.51. The van der Waals surface area contributed by atoms with Crippen LogP contribution in [0.25, 0.3) is 0 Å². The van der Waals surface area contributed by atoms with E-state index in [2.05, 4.69) is 4.99 Å². The predicted octanol–water partition coefficient (Wildman–Crippen LogP) is 2.48. The zero-order valence-corrected chi connectivity index (χ0v) is 16.9. The van der Waals surface area contributed by atoms with Gasteiger partial charge >= 0.3 is 11.9 Å². The van der Waals surface area contributed by atoms with Crippen LogP contribution in [0.4, 0.5) is 0 Å². The van der Waals surface area contributed by atoms with Gasteiger partial charge in [0, 0.05) is 23.2 Å². The topological polar surface area (TPSA) is 100 Å². The molecule has 0 aliphatic carbocycles.